The Morgan fingerprint density at radius 1 is 0.833 bits per heavy atom. The van der Waals surface area contributed by atoms with Gasteiger partial charge in [0.1, 0.15) is 0 Å². The van der Waals surface area contributed by atoms with Gasteiger partial charge in [-0.3, -0.25) is 0 Å². The van der Waals surface area contributed by atoms with Crippen LogP contribution in [0.2, 0.25) is 4.44 Å². The summed E-state index contributed by atoms with van der Waals surface area (Å²) >= 11 is -4.52. The summed E-state index contributed by atoms with van der Waals surface area (Å²) in [7, 11) is 0. The molecule has 0 aliphatic rings. The number of carbonyl (C=O) groups excluding carboxylic acids is 3. The molecular formula is C11H18O6Sn. The topological polar surface area (TPSA) is 78.9 Å². The Bertz CT molecular complexity index is 329. The summed E-state index contributed by atoms with van der Waals surface area (Å²) in [6, 6.07) is 0. The van der Waals surface area contributed by atoms with Crippen LogP contribution >= 0.6 is 0 Å². The van der Waals surface area contributed by atoms with E-state index in [1.54, 1.807) is 6.08 Å². The van der Waals surface area contributed by atoms with E-state index in [-0.39, 0.29) is 4.44 Å². The first kappa shape index (κ1) is 16.9. The SMILES string of the molecule is CC(=O)[O][Sn]([CH2]C=C(C)C)([O]C(C)=O)[O]C(C)=O. The zero-order valence-corrected chi connectivity index (χ0v) is 14.1. The number of rotatable bonds is 5. The molecule has 0 aliphatic carbocycles. The van der Waals surface area contributed by atoms with Crippen molar-refractivity contribution in [2.75, 3.05) is 0 Å². The predicted octanol–water partition coefficient (Wildman–Crippen LogP) is 1.58. The minimum absolute atomic E-state index is 0.149. The van der Waals surface area contributed by atoms with Gasteiger partial charge in [0.25, 0.3) is 0 Å². The zero-order chi connectivity index (χ0) is 14.3. The van der Waals surface area contributed by atoms with Gasteiger partial charge < -0.3 is 0 Å². The molecule has 0 unspecified atom stereocenters. The Morgan fingerprint density at radius 3 is 1.39 bits per heavy atom. The Hall–Kier alpha value is -1.05. The second-order valence-corrected chi connectivity index (χ2v) is 10.8. The Labute approximate surface area is 112 Å². The van der Waals surface area contributed by atoms with E-state index in [1.165, 1.54) is 20.8 Å². The first-order valence-corrected chi connectivity index (χ1v) is 10.9. The fourth-order valence-electron chi connectivity index (χ4n) is 1.17. The maximum absolute atomic E-state index is 11.1. The summed E-state index contributed by atoms with van der Waals surface area (Å²) < 4.78 is 15.3. The monoisotopic (exact) mass is 366 g/mol. The third kappa shape index (κ3) is 7.31. The van der Waals surface area contributed by atoms with E-state index in [0.717, 1.165) is 5.57 Å². The van der Waals surface area contributed by atoms with Crippen LogP contribution < -0.4 is 0 Å². The molecule has 0 fully saturated rings. The number of allylic oxidation sites excluding steroid dienone is 2. The Morgan fingerprint density at radius 2 is 1.17 bits per heavy atom. The van der Waals surface area contributed by atoms with Crippen molar-refractivity contribution in [1.29, 1.82) is 0 Å². The molecule has 0 heterocycles. The summed E-state index contributed by atoms with van der Waals surface area (Å²) in [5.74, 6) is -1.89. The van der Waals surface area contributed by atoms with Gasteiger partial charge in [-0.1, -0.05) is 0 Å². The van der Waals surface area contributed by atoms with Gasteiger partial charge in [-0.2, -0.15) is 0 Å². The summed E-state index contributed by atoms with van der Waals surface area (Å²) in [5.41, 5.74) is 0.947. The van der Waals surface area contributed by atoms with Gasteiger partial charge in [-0.15, -0.1) is 0 Å². The van der Waals surface area contributed by atoms with Crippen LogP contribution in [-0.4, -0.2) is 37.5 Å². The zero-order valence-electron chi connectivity index (χ0n) is 11.2. The van der Waals surface area contributed by atoms with E-state index < -0.39 is 37.5 Å². The van der Waals surface area contributed by atoms with Crippen LogP contribution in [0.1, 0.15) is 34.6 Å². The average Bonchev–Trinajstić information content (AvgIpc) is 2.11. The van der Waals surface area contributed by atoms with Crippen molar-refractivity contribution in [3.63, 3.8) is 0 Å². The van der Waals surface area contributed by atoms with Gasteiger partial charge >= 0.3 is 112 Å². The molecule has 18 heavy (non-hydrogen) atoms. The molecule has 0 N–H and O–H groups in total. The molecule has 6 nitrogen and oxygen atoms in total. The second-order valence-electron chi connectivity index (χ2n) is 3.95. The molecule has 102 valence electrons. The van der Waals surface area contributed by atoms with E-state index >= 15 is 0 Å². The number of hydrogen-bond donors (Lipinski definition) is 0. The molecule has 0 aromatic heterocycles. The van der Waals surface area contributed by atoms with Crippen molar-refractivity contribution in [1.82, 2.24) is 0 Å². The van der Waals surface area contributed by atoms with Crippen molar-refractivity contribution >= 4 is 37.5 Å². The van der Waals surface area contributed by atoms with Crippen molar-refractivity contribution in [3.05, 3.63) is 11.6 Å². The normalized spacial score (nSPS) is 10.3. The summed E-state index contributed by atoms with van der Waals surface area (Å²) in [6.07, 6.45) is 1.73. The van der Waals surface area contributed by atoms with E-state index in [2.05, 4.69) is 0 Å². The summed E-state index contributed by atoms with van der Waals surface area (Å²) in [4.78, 5) is 33.3. The van der Waals surface area contributed by atoms with Crippen LogP contribution in [0.4, 0.5) is 0 Å². The average molecular weight is 365 g/mol. The van der Waals surface area contributed by atoms with Crippen LogP contribution in [0.5, 0.6) is 0 Å². The van der Waals surface area contributed by atoms with Gasteiger partial charge in [0.05, 0.1) is 0 Å². The van der Waals surface area contributed by atoms with Crippen molar-refractivity contribution < 1.29 is 23.6 Å². The molecule has 0 saturated heterocycles. The molecule has 0 aliphatic heterocycles. The Kier molecular flexibility index (Phi) is 6.97. The van der Waals surface area contributed by atoms with Crippen LogP contribution in [0.25, 0.3) is 0 Å². The minimum atomic E-state index is -4.52. The molecule has 0 radical (unpaired) electrons. The molecule has 0 aromatic rings. The summed E-state index contributed by atoms with van der Waals surface area (Å²) in [6.45, 7) is 7.22. The van der Waals surface area contributed by atoms with Crippen LogP contribution in [0, 0.1) is 0 Å². The van der Waals surface area contributed by atoms with Crippen molar-refractivity contribution in [2.24, 2.45) is 0 Å². The molecule has 0 atom stereocenters. The van der Waals surface area contributed by atoms with Gasteiger partial charge in [0.2, 0.25) is 0 Å². The van der Waals surface area contributed by atoms with Crippen LogP contribution in [0.3, 0.4) is 0 Å². The number of carbonyl (C=O) groups is 3. The van der Waals surface area contributed by atoms with E-state index in [4.69, 9.17) is 9.22 Å². The quantitative estimate of drug-likeness (QED) is 0.544. The number of hydrogen-bond acceptors (Lipinski definition) is 6. The Balaban J connectivity index is 5.22. The summed E-state index contributed by atoms with van der Waals surface area (Å²) in [5, 5.41) is 0. The predicted molar refractivity (Wildman–Crippen MR) is 65.3 cm³/mol. The molecule has 0 aromatic carbocycles. The maximum atomic E-state index is 11.1. The van der Waals surface area contributed by atoms with Gasteiger partial charge in [-0.05, 0) is 0 Å². The fraction of sp³-hybridized carbons (Fsp3) is 0.545. The van der Waals surface area contributed by atoms with E-state index in [0.29, 0.717) is 0 Å². The van der Waals surface area contributed by atoms with Crippen LogP contribution in [0.15, 0.2) is 11.6 Å². The second kappa shape index (κ2) is 7.40. The first-order valence-electron chi connectivity index (χ1n) is 5.39. The van der Waals surface area contributed by atoms with Gasteiger partial charge in [0, 0.05) is 0 Å². The third-order valence-corrected chi connectivity index (χ3v) is 8.79. The van der Waals surface area contributed by atoms with Crippen molar-refractivity contribution in [3.8, 4) is 0 Å². The fourth-order valence-corrected chi connectivity index (χ4v) is 7.87. The van der Waals surface area contributed by atoms with Gasteiger partial charge in [0.15, 0.2) is 0 Å². The third-order valence-electron chi connectivity index (χ3n) is 1.66. The van der Waals surface area contributed by atoms with Crippen molar-refractivity contribution in [2.45, 2.75) is 39.1 Å². The molecule has 0 saturated carbocycles. The molecular weight excluding hydrogens is 347 g/mol. The standard InChI is InChI=1S/C5H9.3C2H4O2.Sn/c1-4-5(2)3;3*1-2(3)4;/h4H,1H2,2-3H3;3*1H3,(H,3,4);/q;;;;+3/p-3. The van der Waals surface area contributed by atoms with E-state index in [9.17, 15) is 14.4 Å². The molecule has 7 heteroatoms. The van der Waals surface area contributed by atoms with Gasteiger partial charge in [-0.25, -0.2) is 0 Å². The van der Waals surface area contributed by atoms with Crippen LogP contribution in [-0.2, 0) is 23.6 Å². The molecule has 0 bridgehead atoms. The van der Waals surface area contributed by atoms with E-state index in [1.807, 2.05) is 13.8 Å². The molecule has 0 amide bonds. The molecule has 0 spiro atoms. The first-order chi connectivity index (χ1) is 8.17. The molecule has 0 rings (SSSR count).